The molecule has 1 N–H and O–H groups in total. The molecule has 5 heteroatoms. The first kappa shape index (κ1) is 15.9. The lowest BCUT2D eigenvalue weighted by molar-refractivity contribution is 0.302. The van der Waals surface area contributed by atoms with Gasteiger partial charge in [-0.2, -0.15) is 0 Å². The smallest absolute Gasteiger partial charge is 0.161 e. The average molecular weight is 325 g/mol. The summed E-state index contributed by atoms with van der Waals surface area (Å²) in [5.41, 5.74) is 3.69. The van der Waals surface area contributed by atoms with E-state index in [0.29, 0.717) is 28.2 Å². The topological polar surface area (TPSA) is 64.2 Å². The molecule has 1 aromatic heterocycles. The van der Waals surface area contributed by atoms with Crippen molar-refractivity contribution in [3.8, 4) is 22.8 Å². The van der Waals surface area contributed by atoms with Gasteiger partial charge in [0.1, 0.15) is 16.7 Å². The van der Waals surface area contributed by atoms with Gasteiger partial charge in [0.05, 0.1) is 14.2 Å². The van der Waals surface area contributed by atoms with Crippen LogP contribution in [-0.4, -0.2) is 19.4 Å². The van der Waals surface area contributed by atoms with E-state index in [1.54, 1.807) is 20.3 Å². The third-order valence-corrected chi connectivity index (χ3v) is 4.14. The number of methoxy groups -OCH3 is 2. The normalized spacial score (nSPS) is 11.8. The standard InChI is InChI=1S/C19H19NO4/c1-11-7-14-15(20-21)10-17(24-18(14)8-12(11)2)13-5-6-16(22-3)19(9-13)23-4/h5-10,21H,1-4H3. The second kappa shape index (κ2) is 6.28. The Morgan fingerprint density at radius 3 is 2.29 bits per heavy atom. The number of aryl methyl sites for hydroxylation is 2. The van der Waals surface area contributed by atoms with E-state index in [9.17, 15) is 5.21 Å². The van der Waals surface area contributed by atoms with Gasteiger partial charge in [0.15, 0.2) is 11.5 Å². The SMILES string of the molecule is COc1ccc(-c2cc(=NO)c3cc(C)c(C)cc3o2)cc1OC. The van der Waals surface area contributed by atoms with Crippen molar-refractivity contribution >= 4 is 11.0 Å². The second-order valence-electron chi connectivity index (χ2n) is 5.60. The summed E-state index contributed by atoms with van der Waals surface area (Å²) in [4.78, 5) is 0. The molecule has 124 valence electrons. The van der Waals surface area contributed by atoms with Gasteiger partial charge in [-0.05, 0) is 55.3 Å². The molecular weight excluding hydrogens is 306 g/mol. The van der Waals surface area contributed by atoms with Crippen LogP contribution in [0.15, 0.2) is 46.0 Å². The first-order chi connectivity index (χ1) is 11.6. The highest BCUT2D eigenvalue weighted by Crippen LogP contribution is 2.33. The average Bonchev–Trinajstić information content (AvgIpc) is 2.61. The molecule has 0 fully saturated rings. The van der Waals surface area contributed by atoms with Gasteiger partial charge >= 0.3 is 0 Å². The van der Waals surface area contributed by atoms with E-state index in [-0.39, 0.29) is 0 Å². The molecular formula is C19H19NO4. The Kier molecular flexibility index (Phi) is 4.16. The fourth-order valence-electron chi connectivity index (χ4n) is 2.64. The lowest BCUT2D eigenvalue weighted by atomic mass is 10.1. The van der Waals surface area contributed by atoms with E-state index in [1.165, 1.54) is 0 Å². The van der Waals surface area contributed by atoms with Crippen molar-refractivity contribution in [2.75, 3.05) is 14.2 Å². The molecule has 0 amide bonds. The third-order valence-electron chi connectivity index (χ3n) is 4.14. The van der Waals surface area contributed by atoms with Gasteiger partial charge < -0.3 is 19.1 Å². The molecule has 0 radical (unpaired) electrons. The van der Waals surface area contributed by atoms with Crippen molar-refractivity contribution in [3.63, 3.8) is 0 Å². The highest BCUT2D eigenvalue weighted by Gasteiger charge is 2.11. The Hall–Kier alpha value is -2.95. The van der Waals surface area contributed by atoms with E-state index in [4.69, 9.17) is 13.9 Å². The molecule has 2 aromatic carbocycles. The monoisotopic (exact) mass is 325 g/mol. The molecule has 0 aliphatic heterocycles. The number of fused-ring (bicyclic) bond motifs is 1. The van der Waals surface area contributed by atoms with Crippen LogP contribution in [0.3, 0.4) is 0 Å². The first-order valence-corrected chi connectivity index (χ1v) is 7.53. The van der Waals surface area contributed by atoms with E-state index in [1.807, 2.05) is 44.2 Å². The van der Waals surface area contributed by atoms with Gasteiger partial charge in [-0.3, -0.25) is 0 Å². The zero-order valence-electron chi connectivity index (χ0n) is 14.1. The molecule has 0 bridgehead atoms. The number of hydrogen-bond acceptors (Lipinski definition) is 5. The Morgan fingerprint density at radius 2 is 1.62 bits per heavy atom. The largest absolute Gasteiger partial charge is 0.493 e. The van der Waals surface area contributed by atoms with Crippen molar-refractivity contribution in [2.45, 2.75) is 13.8 Å². The summed E-state index contributed by atoms with van der Waals surface area (Å²) in [6.07, 6.45) is 0. The van der Waals surface area contributed by atoms with Crippen LogP contribution in [0.4, 0.5) is 0 Å². The number of hydrogen-bond donors (Lipinski definition) is 1. The summed E-state index contributed by atoms with van der Waals surface area (Å²) >= 11 is 0. The number of rotatable bonds is 3. The third kappa shape index (κ3) is 2.69. The number of nitrogens with zero attached hydrogens (tertiary/aromatic N) is 1. The molecule has 5 nitrogen and oxygen atoms in total. The van der Waals surface area contributed by atoms with Gasteiger partial charge in [-0.1, -0.05) is 5.16 Å². The lowest BCUT2D eigenvalue weighted by Gasteiger charge is -2.10. The molecule has 0 spiro atoms. The maximum Gasteiger partial charge on any atom is 0.161 e. The van der Waals surface area contributed by atoms with Crippen molar-refractivity contribution < 1.29 is 19.1 Å². The summed E-state index contributed by atoms with van der Waals surface area (Å²) in [5, 5.41) is 14.0. The summed E-state index contributed by atoms with van der Waals surface area (Å²) in [6.45, 7) is 4.03. The Labute approximate surface area is 139 Å². The molecule has 0 aliphatic rings. The lowest BCUT2D eigenvalue weighted by Crippen LogP contribution is -2.04. The zero-order chi connectivity index (χ0) is 17.3. The quantitative estimate of drug-likeness (QED) is 0.583. The van der Waals surface area contributed by atoms with Crippen LogP contribution in [0.1, 0.15) is 11.1 Å². The van der Waals surface area contributed by atoms with E-state index >= 15 is 0 Å². The van der Waals surface area contributed by atoms with Gasteiger partial charge in [0.25, 0.3) is 0 Å². The minimum Gasteiger partial charge on any atom is -0.493 e. The molecule has 24 heavy (non-hydrogen) atoms. The molecule has 0 atom stereocenters. The minimum absolute atomic E-state index is 0.462. The predicted molar refractivity (Wildman–Crippen MR) is 91.6 cm³/mol. The first-order valence-electron chi connectivity index (χ1n) is 7.53. The molecule has 0 saturated heterocycles. The van der Waals surface area contributed by atoms with Gasteiger partial charge in [-0.15, -0.1) is 0 Å². The summed E-state index contributed by atoms with van der Waals surface area (Å²) in [6, 6.07) is 11.1. The maximum atomic E-state index is 9.39. The zero-order valence-corrected chi connectivity index (χ0v) is 14.1. The van der Waals surface area contributed by atoms with Crippen molar-refractivity contribution in [2.24, 2.45) is 5.16 Å². The van der Waals surface area contributed by atoms with Crippen molar-refractivity contribution in [1.29, 1.82) is 0 Å². The van der Waals surface area contributed by atoms with Crippen LogP contribution < -0.4 is 14.8 Å². The second-order valence-corrected chi connectivity index (χ2v) is 5.60. The summed E-state index contributed by atoms with van der Waals surface area (Å²) in [5.74, 6) is 1.83. The fourth-order valence-corrected chi connectivity index (χ4v) is 2.64. The Morgan fingerprint density at radius 1 is 0.917 bits per heavy atom. The fraction of sp³-hybridized carbons (Fsp3) is 0.211. The molecule has 1 heterocycles. The van der Waals surface area contributed by atoms with Crippen LogP contribution in [0, 0.1) is 13.8 Å². The minimum atomic E-state index is 0.462. The number of ether oxygens (including phenoxy) is 2. The Balaban J connectivity index is 2.26. The summed E-state index contributed by atoms with van der Waals surface area (Å²) < 4.78 is 16.6. The predicted octanol–water partition coefficient (Wildman–Crippen LogP) is 4.02. The number of benzene rings is 2. The molecule has 3 rings (SSSR count). The highest BCUT2D eigenvalue weighted by atomic mass is 16.5. The molecule has 0 aliphatic carbocycles. The molecule has 0 saturated carbocycles. The van der Waals surface area contributed by atoms with Crippen LogP contribution in [0.5, 0.6) is 11.5 Å². The van der Waals surface area contributed by atoms with Crippen LogP contribution in [-0.2, 0) is 0 Å². The van der Waals surface area contributed by atoms with Crippen LogP contribution in [0.25, 0.3) is 22.3 Å². The van der Waals surface area contributed by atoms with Crippen LogP contribution >= 0.6 is 0 Å². The molecule has 0 unspecified atom stereocenters. The van der Waals surface area contributed by atoms with E-state index < -0.39 is 0 Å². The van der Waals surface area contributed by atoms with Gasteiger partial charge in [-0.25, -0.2) is 0 Å². The van der Waals surface area contributed by atoms with E-state index in [0.717, 1.165) is 22.1 Å². The highest BCUT2D eigenvalue weighted by molar-refractivity contribution is 5.80. The van der Waals surface area contributed by atoms with E-state index in [2.05, 4.69) is 5.16 Å². The molecule has 3 aromatic rings. The Bertz CT molecular complexity index is 973. The summed E-state index contributed by atoms with van der Waals surface area (Å²) in [7, 11) is 3.17. The van der Waals surface area contributed by atoms with Gasteiger partial charge in [0.2, 0.25) is 0 Å². The van der Waals surface area contributed by atoms with Crippen molar-refractivity contribution in [1.82, 2.24) is 0 Å². The van der Waals surface area contributed by atoms with Crippen molar-refractivity contribution in [3.05, 3.63) is 52.9 Å². The van der Waals surface area contributed by atoms with Gasteiger partial charge in [0, 0.05) is 17.0 Å². The maximum absolute atomic E-state index is 9.39. The van der Waals surface area contributed by atoms with Crippen LogP contribution in [0.2, 0.25) is 0 Å².